The molecule has 6 heteroatoms. The van der Waals surface area contributed by atoms with Crippen LogP contribution in [0.3, 0.4) is 0 Å². The number of carbonyl (C=O) groups is 3. The molecule has 27 heavy (non-hydrogen) atoms. The molecular weight excluding hydrogens is 360 g/mol. The maximum absolute atomic E-state index is 12.3. The first-order chi connectivity index (χ1) is 13.1. The largest absolute Gasteiger partial charge is 0.290 e. The highest BCUT2D eigenvalue weighted by atomic mass is 32.2. The average Bonchev–Trinajstić information content (AvgIpc) is 3.00. The Kier molecular flexibility index (Phi) is 4.56. The summed E-state index contributed by atoms with van der Waals surface area (Å²) < 4.78 is 0. The minimum Gasteiger partial charge on any atom is -0.290 e. The molecule has 0 saturated heterocycles. The lowest BCUT2D eigenvalue weighted by Gasteiger charge is -2.08. The van der Waals surface area contributed by atoms with Crippen molar-refractivity contribution in [1.29, 1.82) is 0 Å². The topological polar surface area (TPSA) is 75.6 Å². The molecule has 1 aliphatic carbocycles. The second-order valence-corrected chi connectivity index (χ2v) is 7.13. The molecule has 0 fully saturated rings. The summed E-state index contributed by atoms with van der Waals surface area (Å²) in [4.78, 5) is 36.6. The van der Waals surface area contributed by atoms with E-state index in [-0.39, 0.29) is 17.3 Å². The number of hydrogen-bond acceptors (Lipinski definition) is 6. The molecule has 2 aromatic rings. The van der Waals surface area contributed by atoms with E-state index in [0.717, 1.165) is 10.5 Å². The standard InChI is InChI=1S/C21H14N2O3S/c24-16-8-9-18(25)14(12-16)10-13-4-3-5-15(11-13)22-23-21-20(26)17-6-1-2-7-19(17)27-21/h1-9,11-12,22H,10H2. The summed E-state index contributed by atoms with van der Waals surface area (Å²) in [6.45, 7) is 0. The van der Waals surface area contributed by atoms with Crippen LogP contribution in [0.2, 0.25) is 0 Å². The molecule has 1 aliphatic heterocycles. The van der Waals surface area contributed by atoms with E-state index in [2.05, 4.69) is 10.5 Å². The van der Waals surface area contributed by atoms with Crippen LogP contribution in [0.1, 0.15) is 15.9 Å². The zero-order valence-electron chi connectivity index (χ0n) is 14.1. The van der Waals surface area contributed by atoms with Crippen molar-refractivity contribution in [3.63, 3.8) is 0 Å². The number of nitrogens with zero attached hydrogens (tertiary/aromatic N) is 1. The summed E-state index contributed by atoms with van der Waals surface area (Å²) in [6.07, 6.45) is 4.30. The Morgan fingerprint density at radius 1 is 0.963 bits per heavy atom. The maximum atomic E-state index is 12.3. The molecule has 2 aliphatic rings. The first kappa shape index (κ1) is 17.2. The first-order valence-electron chi connectivity index (χ1n) is 8.31. The quantitative estimate of drug-likeness (QED) is 0.654. The molecule has 0 atom stereocenters. The molecule has 0 radical (unpaired) electrons. The molecule has 2 aromatic carbocycles. The number of anilines is 1. The molecule has 1 N–H and O–H groups in total. The predicted molar refractivity (Wildman–Crippen MR) is 105 cm³/mol. The van der Waals surface area contributed by atoms with E-state index in [0.29, 0.717) is 28.3 Å². The number of ketones is 3. The Morgan fingerprint density at radius 2 is 1.81 bits per heavy atom. The van der Waals surface area contributed by atoms with Crippen LogP contribution in [-0.4, -0.2) is 22.4 Å². The van der Waals surface area contributed by atoms with Gasteiger partial charge < -0.3 is 0 Å². The highest BCUT2D eigenvalue weighted by Crippen LogP contribution is 2.33. The Morgan fingerprint density at radius 3 is 2.67 bits per heavy atom. The Bertz CT molecular complexity index is 1070. The van der Waals surface area contributed by atoms with Gasteiger partial charge >= 0.3 is 0 Å². The van der Waals surface area contributed by atoms with E-state index >= 15 is 0 Å². The number of Topliss-reactive ketones (excluding diaryl/α,β-unsaturated/α-hetero) is 1. The minimum absolute atomic E-state index is 0.0949. The fourth-order valence-corrected chi connectivity index (χ4v) is 3.78. The molecule has 4 rings (SSSR count). The van der Waals surface area contributed by atoms with Crippen molar-refractivity contribution in [2.24, 2.45) is 5.10 Å². The summed E-state index contributed by atoms with van der Waals surface area (Å²) in [5.41, 5.74) is 5.61. The van der Waals surface area contributed by atoms with Gasteiger partial charge in [0, 0.05) is 22.5 Å². The van der Waals surface area contributed by atoms with Gasteiger partial charge in [-0.25, -0.2) is 0 Å². The number of thioether (sulfide) groups is 1. The summed E-state index contributed by atoms with van der Waals surface area (Å²) in [7, 11) is 0. The van der Waals surface area contributed by atoms with E-state index < -0.39 is 0 Å². The minimum atomic E-state index is -0.179. The summed E-state index contributed by atoms with van der Waals surface area (Å²) >= 11 is 1.34. The van der Waals surface area contributed by atoms with Gasteiger partial charge in [0.2, 0.25) is 5.78 Å². The van der Waals surface area contributed by atoms with Gasteiger partial charge in [-0.05, 0) is 48.1 Å². The van der Waals surface area contributed by atoms with Crippen LogP contribution in [0.5, 0.6) is 0 Å². The van der Waals surface area contributed by atoms with E-state index in [1.54, 1.807) is 6.07 Å². The molecular formula is C21H14N2O3S. The molecule has 0 spiro atoms. The fourth-order valence-electron chi connectivity index (χ4n) is 2.86. The smallest absolute Gasteiger partial charge is 0.221 e. The van der Waals surface area contributed by atoms with Gasteiger partial charge in [-0.15, -0.1) is 0 Å². The van der Waals surface area contributed by atoms with Gasteiger partial charge in [0.25, 0.3) is 0 Å². The molecule has 0 bridgehead atoms. The van der Waals surface area contributed by atoms with Crippen LogP contribution >= 0.6 is 11.8 Å². The summed E-state index contributed by atoms with van der Waals surface area (Å²) in [6, 6.07) is 14.8. The van der Waals surface area contributed by atoms with Gasteiger partial charge in [0.1, 0.15) is 0 Å². The molecule has 132 valence electrons. The fraction of sp³-hybridized carbons (Fsp3) is 0.0476. The summed E-state index contributed by atoms with van der Waals surface area (Å²) in [5.74, 6) is -0.428. The third-order valence-corrected chi connectivity index (χ3v) is 5.22. The first-order valence-corrected chi connectivity index (χ1v) is 9.13. The molecule has 0 amide bonds. The number of rotatable bonds is 4. The maximum Gasteiger partial charge on any atom is 0.221 e. The number of benzene rings is 2. The third kappa shape index (κ3) is 3.66. The number of hydrazone groups is 1. The normalized spacial score (nSPS) is 17.3. The zero-order valence-corrected chi connectivity index (χ0v) is 15.0. The third-order valence-electron chi connectivity index (χ3n) is 4.17. The lowest BCUT2D eigenvalue weighted by molar-refractivity contribution is -0.114. The lowest BCUT2D eigenvalue weighted by atomic mass is 9.96. The number of allylic oxidation sites excluding steroid dienone is 4. The van der Waals surface area contributed by atoms with Gasteiger partial charge in [-0.1, -0.05) is 36.0 Å². The second kappa shape index (κ2) is 7.17. The van der Waals surface area contributed by atoms with Gasteiger partial charge in [-0.3, -0.25) is 19.8 Å². The number of fused-ring (bicyclic) bond motifs is 1. The van der Waals surface area contributed by atoms with Crippen LogP contribution in [-0.2, 0) is 16.0 Å². The molecule has 0 unspecified atom stereocenters. The monoisotopic (exact) mass is 374 g/mol. The van der Waals surface area contributed by atoms with Crippen molar-refractivity contribution >= 4 is 39.8 Å². The highest BCUT2D eigenvalue weighted by Gasteiger charge is 2.27. The van der Waals surface area contributed by atoms with Crippen molar-refractivity contribution < 1.29 is 14.4 Å². The van der Waals surface area contributed by atoms with Crippen LogP contribution in [0, 0.1) is 0 Å². The average molecular weight is 374 g/mol. The van der Waals surface area contributed by atoms with Crippen LogP contribution in [0.25, 0.3) is 0 Å². The Labute approximate surface area is 159 Å². The van der Waals surface area contributed by atoms with Crippen LogP contribution in [0.15, 0.2) is 82.3 Å². The van der Waals surface area contributed by atoms with E-state index in [9.17, 15) is 14.4 Å². The highest BCUT2D eigenvalue weighted by molar-refractivity contribution is 8.16. The van der Waals surface area contributed by atoms with Gasteiger partial charge in [-0.2, -0.15) is 5.10 Å². The van der Waals surface area contributed by atoms with Crippen molar-refractivity contribution in [2.75, 3.05) is 5.43 Å². The lowest BCUT2D eigenvalue weighted by Crippen LogP contribution is -2.10. The molecule has 0 aromatic heterocycles. The number of nitrogens with one attached hydrogen (secondary N) is 1. The molecule has 0 saturated carbocycles. The molecule has 1 heterocycles. The zero-order chi connectivity index (χ0) is 18.8. The van der Waals surface area contributed by atoms with Crippen molar-refractivity contribution in [3.8, 4) is 0 Å². The Hall–Kier alpha value is -3.25. The van der Waals surface area contributed by atoms with E-state index in [4.69, 9.17) is 0 Å². The Balaban J connectivity index is 1.49. The van der Waals surface area contributed by atoms with Crippen molar-refractivity contribution in [3.05, 3.63) is 83.5 Å². The number of hydrogen-bond donors (Lipinski definition) is 1. The number of carbonyl (C=O) groups excluding carboxylic acids is 3. The van der Waals surface area contributed by atoms with Crippen molar-refractivity contribution in [1.82, 2.24) is 0 Å². The van der Waals surface area contributed by atoms with Crippen molar-refractivity contribution in [2.45, 2.75) is 11.3 Å². The van der Waals surface area contributed by atoms with Gasteiger partial charge in [0.05, 0.1) is 5.69 Å². The SMILES string of the molecule is O=C1C=CC(=O)C(Cc2cccc(NN=C3Sc4ccccc4C3=O)c2)=C1. The second-order valence-electron chi connectivity index (χ2n) is 6.10. The van der Waals surface area contributed by atoms with Gasteiger partial charge in [0.15, 0.2) is 16.6 Å². The van der Waals surface area contributed by atoms with E-state index in [1.165, 1.54) is 30.0 Å². The molecule has 5 nitrogen and oxygen atoms in total. The van der Waals surface area contributed by atoms with Crippen LogP contribution in [0.4, 0.5) is 5.69 Å². The predicted octanol–water partition coefficient (Wildman–Crippen LogP) is 3.58. The van der Waals surface area contributed by atoms with Crippen LogP contribution < -0.4 is 5.43 Å². The van der Waals surface area contributed by atoms with E-state index in [1.807, 2.05) is 42.5 Å². The summed E-state index contributed by atoms with van der Waals surface area (Å²) in [5, 5.41) is 4.63.